The van der Waals surface area contributed by atoms with E-state index in [2.05, 4.69) is 15.6 Å². The van der Waals surface area contributed by atoms with Crippen molar-refractivity contribution < 1.29 is 12.8 Å². The highest BCUT2D eigenvalue weighted by Crippen LogP contribution is 2.15. The highest BCUT2D eigenvalue weighted by atomic mass is 127. The van der Waals surface area contributed by atoms with Gasteiger partial charge in [0.2, 0.25) is 10.0 Å². The quantitative estimate of drug-likeness (QED) is 0.219. The van der Waals surface area contributed by atoms with Crippen LogP contribution in [-0.4, -0.2) is 56.7 Å². The molecule has 0 aromatic heterocycles. The number of hydrogen-bond acceptors (Lipinski definition) is 3. The Morgan fingerprint density at radius 2 is 2.00 bits per heavy atom. The van der Waals surface area contributed by atoms with Crippen molar-refractivity contribution in [2.45, 2.75) is 52.0 Å². The van der Waals surface area contributed by atoms with E-state index in [0.717, 1.165) is 43.8 Å². The summed E-state index contributed by atoms with van der Waals surface area (Å²) in [6.07, 6.45) is 3.82. The van der Waals surface area contributed by atoms with Gasteiger partial charge >= 0.3 is 0 Å². The van der Waals surface area contributed by atoms with Crippen molar-refractivity contribution in [2.24, 2.45) is 4.99 Å². The predicted molar refractivity (Wildman–Crippen MR) is 128 cm³/mol. The molecule has 9 heteroatoms. The van der Waals surface area contributed by atoms with Crippen molar-refractivity contribution in [3.8, 4) is 0 Å². The number of nitrogens with one attached hydrogen (secondary N) is 2. The number of halogens is 2. The summed E-state index contributed by atoms with van der Waals surface area (Å²) in [5.74, 6) is 0.778. The third-order valence-electron chi connectivity index (χ3n) is 4.78. The Morgan fingerprint density at radius 1 is 1.28 bits per heavy atom. The zero-order valence-electron chi connectivity index (χ0n) is 17.4. The van der Waals surface area contributed by atoms with Crippen LogP contribution in [0.15, 0.2) is 29.3 Å². The van der Waals surface area contributed by atoms with Gasteiger partial charge in [-0.2, -0.15) is 0 Å². The fourth-order valence-corrected chi connectivity index (χ4v) is 4.89. The van der Waals surface area contributed by atoms with Gasteiger partial charge in [0.05, 0.1) is 5.75 Å². The molecule has 2 rings (SSSR count). The van der Waals surface area contributed by atoms with Crippen LogP contribution in [0, 0.1) is 5.82 Å². The summed E-state index contributed by atoms with van der Waals surface area (Å²) in [5.41, 5.74) is 0.980. The van der Waals surface area contributed by atoms with Gasteiger partial charge in [-0.25, -0.2) is 17.1 Å². The first kappa shape index (κ1) is 26.1. The predicted octanol–water partition coefficient (Wildman–Crippen LogP) is 3.14. The molecule has 1 aromatic rings. The number of piperidine rings is 1. The summed E-state index contributed by atoms with van der Waals surface area (Å²) in [6.45, 7) is 6.43. The molecule has 1 heterocycles. The summed E-state index contributed by atoms with van der Waals surface area (Å²) in [5, 5.41) is 6.67. The summed E-state index contributed by atoms with van der Waals surface area (Å²) in [4.78, 5) is 4.61. The van der Waals surface area contributed by atoms with Crippen LogP contribution in [-0.2, 0) is 16.4 Å². The maximum atomic E-state index is 13.2. The number of hydrogen-bond donors (Lipinski definition) is 2. The normalized spacial score (nSPS) is 16.3. The Hall–Kier alpha value is -0.940. The minimum absolute atomic E-state index is 0. The van der Waals surface area contributed by atoms with E-state index in [9.17, 15) is 12.8 Å². The van der Waals surface area contributed by atoms with E-state index in [1.807, 2.05) is 19.9 Å². The minimum Gasteiger partial charge on any atom is -0.357 e. The van der Waals surface area contributed by atoms with Crippen LogP contribution in [0.3, 0.4) is 0 Å². The lowest BCUT2D eigenvalue weighted by Crippen LogP contribution is -2.50. The second kappa shape index (κ2) is 13.4. The molecule has 0 saturated carbocycles. The van der Waals surface area contributed by atoms with E-state index < -0.39 is 10.0 Å². The summed E-state index contributed by atoms with van der Waals surface area (Å²) in [6, 6.07) is 6.89. The van der Waals surface area contributed by atoms with Gasteiger partial charge in [-0.05, 0) is 56.7 Å². The minimum atomic E-state index is -3.11. The third kappa shape index (κ3) is 9.17. The van der Waals surface area contributed by atoms with Crippen molar-refractivity contribution in [1.29, 1.82) is 0 Å². The Morgan fingerprint density at radius 3 is 2.62 bits per heavy atom. The maximum absolute atomic E-state index is 13.2. The number of aliphatic imine (C=N–C) groups is 1. The maximum Gasteiger partial charge on any atom is 0.214 e. The second-order valence-corrected chi connectivity index (χ2v) is 9.22. The Balaban J connectivity index is 0.00000420. The molecule has 1 aliphatic rings. The molecular formula is C20H34FIN4O2S. The Kier molecular flexibility index (Phi) is 12.0. The average molecular weight is 540 g/mol. The number of sulfonamides is 1. The molecule has 1 fully saturated rings. The molecule has 0 atom stereocenters. The lowest BCUT2D eigenvalue weighted by Gasteiger charge is -2.32. The average Bonchev–Trinajstić information content (AvgIpc) is 2.66. The van der Waals surface area contributed by atoms with Crippen LogP contribution in [0.25, 0.3) is 0 Å². The van der Waals surface area contributed by atoms with E-state index in [1.165, 1.54) is 6.07 Å². The highest BCUT2D eigenvalue weighted by Gasteiger charge is 2.27. The summed E-state index contributed by atoms with van der Waals surface area (Å²) < 4.78 is 39.2. The lowest BCUT2D eigenvalue weighted by molar-refractivity contribution is 0.306. The van der Waals surface area contributed by atoms with Crippen LogP contribution in [0.2, 0.25) is 0 Å². The molecule has 1 aromatic carbocycles. The van der Waals surface area contributed by atoms with Crippen molar-refractivity contribution in [3.63, 3.8) is 0 Å². The monoisotopic (exact) mass is 540 g/mol. The molecular weight excluding hydrogens is 506 g/mol. The molecule has 0 bridgehead atoms. The van der Waals surface area contributed by atoms with Crippen LogP contribution < -0.4 is 10.6 Å². The number of nitrogens with zero attached hydrogens (tertiary/aromatic N) is 2. The number of aryl methyl sites for hydroxylation is 1. The third-order valence-corrected chi connectivity index (χ3v) is 6.85. The molecule has 2 N–H and O–H groups in total. The van der Waals surface area contributed by atoms with Crippen molar-refractivity contribution in [2.75, 3.05) is 31.9 Å². The topological polar surface area (TPSA) is 73.8 Å². The summed E-state index contributed by atoms with van der Waals surface area (Å²) in [7, 11) is -3.11. The zero-order chi connectivity index (χ0) is 20.4. The number of benzene rings is 1. The number of guanidine groups is 1. The molecule has 0 amide bonds. The van der Waals surface area contributed by atoms with E-state index in [1.54, 1.807) is 16.4 Å². The largest absolute Gasteiger partial charge is 0.357 e. The molecule has 0 spiro atoms. The van der Waals surface area contributed by atoms with Gasteiger partial charge in [0, 0.05) is 32.2 Å². The van der Waals surface area contributed by atoms with Gasteiger partial charge in [0.15, 0.2) is 5.96 Å². The van der Waals surface area contributed by atoms with Crippen LogP contribution in [0.4, 0.5) is 4.39 Å². The van der Waals surface area contributed by atoms with E-state index in [-0.39, 0.29) is 41.6 Å². The molecule has 1 aliphatic heterocycles. The smallest absolute Gasteiger partial charge is 0.214 e. The highest BCUT2D eigenvalue weighted by molar-refractivity contribution is 14.0. The molecule has 29 heavy (non-hydrogen) atoms. The fraction of sp³-hybridized carbons (Fsp3) is 0.650. The van der Waals surface area contributed by atoms with Crippen LogP contribution in [0.1, 0.15) is 45.1 Å². The number of rotatable bonds is 9. The van der Waals surface area contributed by atoms with Gasteiger partial charge < -0.3 is 10.6 Å². The molecule has 0 radical (unpaired) electrons. The first-order valence-electron chi connectivity index (χ1n) is 10.2. The van der Waals surface area contributed by atoms with Crippen molar-refractivity contribution in [1.82, 2.24) is 14.9 Å². The van der Waals surface area contributed by atoms with Gasteiger partial charge in [-0.1, -0.05) is 19.1 Å². The van der Waals surface area contributed by atoms with E-state index in [0.29, 0.717) is 26.1 Å². The van der Waals surface area contributed by atoms with Gasteiger partial charge in [0.1, 0.15) is 5.82 Å². The molecule has 6 nitrogen and oxygen atoms in total. The van der Waals surface area contributed by atoms with Crippen molar-refractivity contribution >= 4 is 40.0 Å². The van der Waals surface area contributed by atoms with E-state index in [4.69, 9.17) is 0 Å². The van der Waals surface area contributed by atoms with Gasteiger partial charge in [-0.3, -0.25) is 4.99 Å². The molecule has 0 aliphatic carbocycles. The fourth-order valence-electron chi connectivity index (χ4n) is 3.35. The summed E-state index contributed by atoms with van der Waals surface area (Å²) >= 11 is 0. The lowest BCUT2D eigenvalue weighted by atomic mass is 10.1. The Labute approximate surface area is 191 Å². The zero-order valence-corrected chi connectivity index (χ0v) is 20.5. The molecule has 0 unspecified atom stereocenters. The first-order valence-corrected chi connectivity index (χ1v) is 11.8. The molecule has 1 saturated heterocycles. The van der Waals surface area contributed by atoms with Crippen LogP contribution in [0.5, 0.6) is 0 Å². The van der Waals surface area contributed by atoms with E-state index >= 15 is 0 Å². The SMILES string of the molecule is CCCS(=O)(=O)N1CCC(NC(=NCCCc2cccc(F)c2)NCC)CC1.I. The van der Waals surface area contributed by atoms with Gasteiger partial charge in [0.25, 0.3) is 0 Å². The van der Waals surface area contributed by atoms with Crippen LogP contribution >= 0.6 is 24.0 Å². The van der Waals surface area contributed by atoms with Gasteiger partial charge in [-0.15, -0.1) is 24.0 Å². The first-order chi connectivity index (χ1) is 13.4. The standard InChI is InChI=1S/C20H33FN4O2S.HI/c1-3-15-28(26,27)25-13-10-19(11-14-25)24-20(22-4-2)23-12-6-8-17-7-5-9-18(21)16-17;/h5,7,9,16,19H,3-4,6,8,10-15H2,1-2H3,(H2,22,23,24);1H. The van der Waals surface area contributed by atoms with Crippen molar-refractivity contribution in [3.05, 3.63) is 35.6 Å². The Bertz CT molecular complexity index is 738. The molecule has 166 valence electrons. The second-order valence-electron chi connectivity index (χ2n) is 7.13.